The van der Waals surface area contributed by atoms with Crippen molar-refractivity contribution < 1.29 is 0 Å². The summed E-state index contributed by atoms with van der Waals surface area (Å²) < 4.78 is 1.97. The molecule has 0 aliphatic heterocycles. The standard InChI is InChI=1S/C10H17N3/c1-3-5-9(11)10-6-7-12-13(10)8-4-2/h3,6-7,9H,1,4-5,8,11H2,2H3. The van der Waals surface area contributed by atoms with Gasteiger partial charge in [0, 0.05) is 12.7 Å². The Bertz CT molecular complexity index is 265. The summed E-state index contributed by atoms with van der Waals surface area (Å²) >= 11 is 0. The van der Waals surface area contributed by atoms with Crippen LogP contribution in [-0.4, -0.2) is 9.78 Å². The van der Waals surface area contributed by atoms with Crippen molar-refractivity contribution in [3.63, 3.8) is 0 Å². The largest absolute Gasteiger partial charge is 0.322 e. The first kappa shape index (κ1) is 9.99. The van der Waals surface area contributed by atoms with Crippen molar-refractivity contribution in [3.05, 3.63) is 30.6 Å². The Balaban J connectivity index is 2.73. The van der Waals surface area contributed by atoms with E-state index < -0.39 is 0 Å². The second kappa shape index (κ2) is 4.82. The number of rotatable bonds is 5. The zero-order valence-corrected chi connectivity index (χ0v) is 8.11. The molecule has 0 aromatic carbocycles. The molecule has 0 bridgehead atoms. The topological polar surface area (TPSA) is 43.8 Å². The summed E-state index contributed by atoms with van der Waals surface area (Å²) in [7, 11) is 0. The molecule has 13 heavy (non-hydrogen) atoms. The predicted octanol–water partition coefficient (Wildman–Crippen LogP) is 1.87. The second-order valence-corrected chi connectivity index (χ2v) is 3.11. The fraction of sp³-hybridized carbons (Fsp3) is 0.500. The fourth-order valence-corrected chi connectivity index (χ4v) is 1.36. The van der Waals surface area contributed by atoms with Crippen LogP contribution in [0.2, 0.25) is 0 Å². The van der Waals surface area contributed by atoms with Crippen LogP contribution in [0.3, 0.4) is 0 Å². The van der Waals surface area contributed by atoms with E-state index in [2.05, 4.69) is 18.6 Å². The van der Waals surface area contributed by atoms with E-state index in [1.165, 1.54) is 0 Å². The molecule has 0 saturated heterocycles. The van der Waals surface area contributed by atoms with Crippen molar-refractivity contribution >= 4 is 0 Å². The van der Waals surface area contributed by atoms with Crippen LogP contribution < -0.4 is 5.73 Å². The fourth-order valence-electron chi connectivity index (χ4n) is 1.36. The highest BCUT2D eigenvalue weighted by atomic mass is 15.3. The van der Waals surface area contributed by atoms with Gasteiger partial charge in [0.05, 0.1) is 11.7 Å². The van der Waals surface area contributed by atoms with Crippen LogP contribution in [0, 0.1) is 0 Å². The smallest absolute Gasteiger partial charge is 0.0554 e. The first-order chi connectivity index (χ1) is 6.29. The van der Waals surface area contributed by atoms with Crippen LogP contribution in [-0.2, 0) is 6.54 Å². The van der Waals surface area contributed by atoms with Gasteiger partial charge in [0.1, 0.15) is 0 Å². The molecule has 1 heterocycles. The van der Waals surface area contributed by atoms with Crippen molar-refractivity contribution in [1.82, 2.24) is 9.78 Å². The summed E-state index contributed by atoms with van der Waals surface area (Å²) in [5.41, 5.74) is 7.05. The average Bonchev–Trinajstić information content (AvgIpc) is 2.54. The van der Waals surface area contributed by atoms with Crippen LogP contribution in [0.15, 0.2) is 24.9 Å². The van der Waals surface area contributed by atoms with Gasteiger partial charge in [-0.3, -0.25) is 4.68 Å². The van der Waals surface area contributed by atoms with Gasteiger partial charge in [-0.15, -0.1) is 6.58 Å². The lowest BCUT2D eigenvalue weighted by Crippen LogP contribution is -2.15. The van der Waals surface area contributed by atoms with E-state index in [1.807, 2.05) is 16.8 Å². The summed E-state index contributed by atoms with van der Waals surface area (Å²) in [5.74, 6) is 0. The maximum atomic E-state index is 5.95. The normalized spacial score (nSPS) is 12.8. The van der Waals surface area contributed by atoms with E-state index in [-0.39, 0.29) is 6.04 Å². The average molecular weight is 179 g/mol. The quantitative estimate of drug-likeness (QED) is 0.701. The molecule has 1 atom stereocenters. The SMILES string of the molecule is C=CCC(N)c1ccnn1CCC. The van der Waals surface area contributed by atoms with Gasteiger partial charge < -0.3 is 5.73 Å². The molecule has 0 aliphatic carbocycles. The summed E-state index contributed by atoms with van der Waals surface area (Å²) in [4.78, 5) is 0. The molecule has 1 unspecified atom stereocenters. The van der Waals surface area contributed by atoms with E-state index >= 15 is 0 Å². The van der Waals surface area contributed by atoms with Crippen LogP contribution >= 0.6 is 0 Å². The molecule has 0 fully saturated rings. The van der Waals surface area contributed by atoms with Gasteiger partial charge in [-0.1, -0.05) is 13.0 Å². The van der Waals surface area contributed by atoms with Crippen LogP contribution in [0.25, 0.3) is 0 Å². The summed E-state index contributed by atoms with van der Waals surface area (Å²) in [5, 5.41) is 4.21. The molecule has 2 N–H and O–H groups in total. The van der Waals surface area contributed by atoms with E-state index in [1.54, 1.807) is 6.20 Å². The van der Waals surface area contributed by atoms with Crippen LogP contribution in [0.5, 0.6) is 0 Å². The molecule has 3 nitrogen and oxygen atoms in total. The lowest BCUT2D eigenvalue weighted by Gasteiger charge is -2.11. The number of hydrogen-bond donors (Lipinski definition) is 1. The highest BCUT2D eigenvalue weighted by Crippen LogP contribution is 2.13. The first-order valence-corrected chi connectivity index (χ1v) is 4.67. The molecule has 1 rings (SSSR count). The van der Waals surface area contributed by atoms with Crippen molar-refractivity contribution in [2.75, 3.05) is 0 Å². The third kappa shape index (κ3) is 2.42. The highest BCUT2D eigenvalue weighted by Gasteiger charge is 2.08. The molecular weight excluding hydrogens is 162 g/mol. The third-order valence-corrected chi connectivity index (χ3v) is 1.99. The molecule has 1 aromatic heterocycles. The van der Waals surface area contributed by atoms with E-state index in [0.29, 0.717) is 0 Å². The molecule has 0 amide bonds. The molecule has 72 valence electrons. The van der Waals surface area contributed by atoms with Gasteiger partial charge >= 0.3 is 0 Å². The van der Waals surface area contributed by atoms with Gasteiger partial charge in [-0.25, -0.2) is 0 Å². The predicted molar refractivity (Wildman–Crippen MR) is 54.3 cm³/mol. The number of aryl methyl sites for hydroxylation is 1. The van der Waals surface area contributed by atoms with Gasteiger partial charge in [-0.2, -0.15) is 5.10 Å². The number of hydrogen-bond acceptors (Lipinski definition) is 2. The van der Waals surface area contributed by atoms with Gasteiger partial charge in [0.2, 0.25) is 0 Å². The maximum absolute atomic E-state index is 5.95. The lowest BCUT2D eigenvalue weighted by molar-refractivity contribution is 0.541. The summed E-state index contributed by atoms with van der Waals surface area (Å²) in [6, 6.07) is 2.01. The molecule has 1 aromatic rings. The number of nitrogens with two attached hydrogens (primary N) is 1. The zero-order valence-electron chi connectivity index (χ0n) is 8.11. The Morgan fingerprint density at radius 3 is 3.15 bits per heavy atom. The minimum atomic E-state index is 0.0338. The first-order valence-electron chi connectivity index (χ1n) is 4.67. The summed E-state index contributed by atoms with van der Waals surface area (Å²) in [6.07, 6.45) is 5.52. The van der Waals surface area contributed by atoms with Crippen molar-refractivity contribution in [3.8, 4) is 0 Å². The molecular formula is C10H17N3. The number of aromatic nitrogens is 2. The monoisotopic (exact) mass is 179 g/mol. The van der Waals surface area contributed by atoms with Crippen molar-refractivity contribution in [2.45, 2.75) is 32.4 Å². The maximum Gasteiger partial charge on any atom is 0.0554 e. The van der Waals surface area contributed by atoms with Gasteiger partial charge in [0.25, 0.3) is 0 Å². The van der Waals surface area contributed by atoms with E-state index in [0.717, 1.165) is 25.1 Å². The lowest BCUT2D eigenvalue weighted by atomic mass is 10.1. The summed E-state index contributed by atoms with van der Waals surface area (Å²) in [6.45, 7) is 6.74. The number of nitrogens with zero attached hydrogens (tertiary/aromatic N) is 2. The van der Waals surface area contributed by atoms with E-state index in [9.17, 15) is 0 Å². The molecule has 0 saturated carbocycles. The molecule has 0 spiro atoms. The minimum absolute atomic E-state index is 0.0338. The van der Waals surface area contributed by atoms with Crippen molar-refractivity contribution in [2.24, 2.45) is 5.73 Å². The third-order valence-electron chi connectivity index (χ3n) is 1.99. The Morgan fingerprint density at radius 1 is 1.77 bits per heavy atom. The Kier molecular flexibility index (Phi) is 3.71. The molecule has 0 aliphatic rings. The molecule has 0 radical (unpaired) electrons. The van der Waals surface area contributed by atoms with Gasteiger partial charge in [0.15, 0.2) is 0 Å². The van der Waals surface area contributed by atoms with E-state index in [4.69, 9.17) is 5.73 Å². The zero-order chi connectivity index (χ0) is 9.68. The Hall–Kier alpha value is -1.09. The van der Waals surface area contributed by atoms with Crippen LogP contribution in [0.4, 0.5) is 0 Å². The van der Waals surface area contributed by atoms with Gasteiger partial charge in [-0.05, 0) is 18.9 Å². The molecule has 3 heteroatoms. The Morgan fingerprint density at radius 2 is 2.54 bits per heavy atom. The second-order valence-electron chi connectivity index (χ2n) is 3.11. The minimum Gasteiger partial charge on any atom is -0.322 e. The Labute approximate surface area is 79.2 Å². The van der Waals surface area contributed by atoms with Crippen molar-refractivity contribution in [1.29, 1.82) is 0 Å². The highest BCUT2D eigenvalue weighted by molar-refractivity contribution is 5.07. The van der Waals surface area contributed by atoms with Crippen LogP contribution in [0.1, 0.15) is 31.5 Å².